The van der Waals surface area contributed by atoms with Crippen LogP contribution in [-0.2, 0) is 15.8 Å². The number of halogens is 3. The van der Waals surface area contributed by atoms with E-state index in [1.807, 2.05) is 0 Å². The van der Waals surface area contributed by atoms with Gasteiger partial charge in [-0.1, -0.05) is 41.4 Å². The molecule has 1 atom stereocenters. The summed E-state index contributed by atoms with van der Waals surface area (Å²) in [4.78, 5) is 0. The molecule has 0 aliphatic heterocycles. The van der Waals surface area contributed by atoms with E-state index in [0.29, 0.717) is 21.2 Å². The van der Waals surface area contributed by atoms with Gasteiger partial charge in [0, 0.05) is 6.04 Å². The maximum Gasteiger partial charge on any atom is 0.216 e. The predicted octanol–water partition coefficient (Wildman–Crippen LogP) is 4.31. The van der Waals surface area contributed by atoms with Crippen molar-refractivity contribution in [3.05, 3.63) is 69.5 Å². The minimum Gasteiger partial charge on any atom is -0.212 e. The summed E-state index contributed by atoms with van der Waals surface area (Å²) in [7, 11) is -3.57. The van der Waals surface area contributed by atoms with Crippen molar-refractivity contribution in [3.63, 3.8) is 0 Å². The Morgan fingerprint density at radius 1 is 1.09 bits per heavy atom. The number of hydrogen-bond acceptors (Lipinski definition) is 2. The third-order valence-corrected chi connectivity index (χ3v) is 5.23. The van der Waals surface area contributed by atoms with E-state index in [0.717, 1.165) is 0 Å². The maximum atomic E-state index is 12.9. The molecule has 0 aliphatic rings. The summed E-state index contributed by atoms with van der Waals surface area (Å²) in [6.45, 7) is 1.69. The molecular formula is C15H14Cl2FNO2S. The molecule has 0 spiro atoms. The second kappa shape index (κ2) is 6.96. The van der Waals surface area contributed by atoms with E-state index in [9.17, 15) is 12.8 Å². The quantitative estimate of drug-likeness (QED) is 0.861. The molecule has 2 aromatic carbocycles. The van der Waals surface area contributed by atoms with Gasteiger partial charge in [0.15, 0.2) is 0 Å². The smallest absolute Gasteiger partial charge is 0.212 e. The summed E-state index contributed by atoms with van der Waals surface area (Å²) in [6.07, 6.45) is 0. The monoisotopic (exact) mass is 361 g/mol. The van der Waals surface area contributed by atoms with Crippen molar-refractivity contribution in [3.8, 4) is 0 Å². The predicted molar refractivity (Wildman–Crippen MR) is 87.0 cm³/mol. The van der Waals surface area contributed by atoms with E-state index in [1.54, 1.807) is 31.2 Å². The lowest BCUT2D eigenvalue weighted by atomic mass is 10.1. The summed E-state index contributed by atoms with van der Waals surface area (Å²) in [5.74, 6) is -0.579. The molecule has 3 nitrogen and oxygen atoms in total. The van der Waals surface area contributed by atoms with Gasteiger partial charge in [-0.2, -0.15) is 0 Å². The zero-order valence-electron chi connectivity index (χ0n) is 11.7. The lowest BCUT2D eigenvalue weighted by Gasteiger charge is -2.15. The lowest BCUT2D eigenvalue weighted by Crippen LogP contribution is -2.28. The Hall–Kier alpha value is -1.14. The van der Waals surface area contributed by atoms with E-state index in [-0.39, 0.29) is 11.6 Å². The summed E-state index contributed by atoms with van der Waals surface area (Å²) >= 11 is 11.7. The van der Waals surface area contributed by atoms with Crippen LogP contribution in [0, 0.1) is 5.82 Å². The average molecular weight is 362 g/mol. The Morgan fingerprint density at radius 3 is 2.32 bits per heavy atom. The van der Waals surface area contributed by atoms with Gasteiger partial charge in [0.25, 0.3) is 0 Å². The van der Waals surface area contributed by atoms with Crippen molar-refractivity contribution >= 4 is 33.2 Å². The van der Waals surface area contributed by atoms with Gasteiger partial charge in [0.1, 0.15) is 5.82 Å². The molecule has 0 bridgehead atoms. The Bertz CT molecular complexity index is 764. The van der Waals surface area contributed by atoms with Gasteiger partial charge in [-0.25, -0.2) is 17.5 Å². The number of nitrogens with one attached hydrogen (secondary N) is 1. The zero-order chi connectivity index (χ0) is 16.3. The molecule has 2 rings (SSSR count). The van der Waals surface area contributed by atoms with Crippen molar-refractivity contribution in [1.29, 1.82) is 0 Å². The van der Waals surface area contributed by atoms with Crippen molar-refractivity contribution in [2.45, 2.75) is 18.7 Å². The Morgan fingerprint density at radius 2 is 1.73 bits per heavy atom. The van der Waals surface area contributed by atoms with E-state index < -0.39 is 16.1 Å². The first-order chi connectivity index (χ1) is 10.3. The van der Waals surface area contributed by atoms with Crippen molar-refractivity contribution < 1.29 is 12.8 Å². The highest BCUT2D eigenvalue weighted by Crippen LogP contribution is 2.24. The Balaban J connectivity index is 2.10. The highest BCUT2D eigenvalue weighted by Gasteiger charge is 2.17. The molecule has 0 aromatic heterocycles. The molecule has 0 unspecified atom stereocenters. The zero-order valence-corrected chi connectivity index (χ0v) is 14.0. The minimum atomic E-state index is -3.57. The third kappa shape index (κ3) is 4.68. The molecule has 0 saturated heterocycles. The normalized spacial score (nSPS) is 13.1. The van der Waals surface area contributed by atoms with E-state index in [1.165, 1.54) is 18.2 Å². The van der Waals surface area contributed by atoms with Gasteiger partial charge < -0.3 is 0 Å². The fraction of sp³-hybridized carbons (Fsp3) is 0.200. The fourth-order valence-electron chi connectivity index (χ4n) is 1.98. The first kappa shape index (κ1) is 17.2. The second-order valence-electron chi connectivity index (χ2n) is 4.90. The van der Waals surface area contributed by atoms with Crippen LogP contribution in [0.3, 0.4) is 0 Å². The summed E-state index contributed by atoms with van der Waals surface area (Å²) in [6, 6.07) is 9.88. The average Bonchev–Trinajstić information content (AvgIpc) is 2.42. The van der Waals surface area contributed by atoms with Crippen LogP contribution >= 0.6 is 23.2 Å². The number of sulfonamides is 1. The highest BCUT2D eigenvalue weighted by atomic mass is 35.5. The van der Waals surface area contributed by atoms with E-state index in [4.69, 9.17) is 23.2 Å². The first-order valence-corrected chi connectivity index (χ1v) is 8.87. The van der Waals surface area contributed by atoms with Crippen molar-refractivity contribution in [2.24, 2.45) is 0 Å². The molecule has 118 valence electrons. The number of hydrogen-bond donors (Lipinski definition) is 1. The van der Waals surface area contributed by atoms with Crippen molar-refractivity contribution in [1.82, 2.24) is 4.72 Å². The third-order valence-electron chi connectivity index (χ3n) is 3.07. The van der Waals surface area contributed by atoms with Gasteiger partial charge >= 0.3 is 0 Å². The number of benzene rings is 2. The van der Waals surface area contributed by atoms with Crippen LogP contribution in [0.25, 0.3) is 0 Å². The largest absolute Gasteiger partial charge is 0.216 e. The molecular weight excluding hydrogens is 348 g/mol. The van der Waals surface area contributed by atoms with E-state index >= 15 is 0 Å². The van der Waals surface area contributed by atoms with Crippen LogP contribution in [0.4, 0.5) is 4.39 Å². The highest BCUT2D eigenvalue weighted by molar-refractivity contribution is 7.88. The Kier molecular flexibility index (Phi) is 5.45. The van der Waals surface area contributed by atoms with Gasteiger partial charge in [-0.05, 0) is 42.3 Å². The first-order valence-electron chi connectivity index (χ1n) is 6.46. The molecule has 7 heteroatoms. The topological polar surface area (TPSA) is 46.2 Å². The van der Waals surface area contributed by atoms with Crippen LogP contribution in [0.1, 0.15) is 24.1 Å². The minimum absolute atomic E-state index is 0.213. The Labute approximate surface area is 139 Å². The summed E-state index contributed by atoms with van der Waals surface area (Å²) < 4.78 is 39.8. The van der Waals surface area contributed by atoms with Crippen LogP contribution < -0.4 is 4.72 Å². The molecule has 22 heavy (non-hydrogen) atoms. The van der Waals surface area contributed by atoms with Crippen LogP contribution in [0.2, 0.25) is 10.0 Å². The number of rotatable bonds is 5. The molecule has 2 aromatic rings. The van der Waals surface area contributed by atoms with Crippen LogP contribution in [-0.4, -0.2) is 8.42 Å². The molecule has 1 N–H and O–H groups in total. The standard InChI is InChI=1S/C15H14Cl2FNO2S/c1-10(12-3-5-13(18)6-4-12)19-22(20,21)9-11-2-7-14(16)15(17)8-11/h2-8,10,19H,9H2,1H3/t10-/m0/s1. The molecule has 0 aliphatic carbocycles. The molecule has 0 heterocycles. The van der Waals surface area contributed by atoms with Gasteiger partial charge in [-0.15, -0.1) is 0 Å². The maximum absolute atomic E-state index is 12.9. The summed E-state index contributed by atoms with van der Waals surface area (Å²) in [5, 5.41) is 0.677. The van der Waals surface area contributed by atoms with E-state index in [2.05, 4.69) is 4.72 Å². The second-order valence-corrected chi connectivity index (χ2v) is 7.47. The van der Waals surface area contributed by atoms with Gasteiger partial charge in [-0.3, -0.25) is 0 Å². The SMILES string of the molecule is C[C@H](NS(=O)(=O)Cc1ccc(Cl)c(Cl)c1)c1ccc(F)cc1. The van der Waals surface area contributed by atoms with Gasteiger partial charge in [0.05, 0.1) is 15.8 Å². The molecule has 0 amide bonds. The van der Waals surface area contributed by atoms with Crippen LogP contribution in [0.5, 0.6) is 0 Å². The van der Waals surface area contributed by atoms with Crippen LogP contribution in [0.15, 0.2) is 42.5 Å². The lowest BCUT2D eigenvalue weighted by molar-refractivity contribution is 0.565. The van der Waals surface area contributed by atoms with Gasteiger partial charge in [0.2, 0.25) is 10.0 Å². The fourth-order valence-corrected chi connectivity index (χ4v) is 3.68. The molecule has 0 radical (unpaired) electrons. The molecule has 0 saturated carbocycles. The summed E-state index contributed by atoms with van der Waals surface area (Å²) in [5.41, 5.74) is 1.22. The molecule has 0 fully saturated rings. The van der Waals surface area contributed by atoms with Crippen molar-refractivity contribution in [2.75, 3.05) is 0 Å².